The summed E-state index contributed by atoms with van der Waals surface area (Å²) in [5.74, 6) is 1.68. The quantitative estimate of drug-likeness (QED) is 0.0343. The molecule has 0 aliphatic heterocycles. The Kier molecular flexibility index (Phi) is 52.0. The largest absolute Gasteiger partial charge is 0.462 e. The zero-order valence-electron chi connectivity index (χ0n) is 46.9. The van der Waals surface area contributed by atoms with Gasteiger partial charge in [-0.2, -0.15) is 0 Å². The molecule has 0 aromatic heterocycles. The second kappa shape index (κ2) is 53.2. The fourth-order valence-corrected chi connectivity index (χ4v) is 9.53. The second-order valence-electron chi connectivity index (χ2n) is 22.8. The minimum atomic E-state index is -0.764. The third-order valence-corrected chi connectivity index (χ3v) is 14.1. The molecule has 0 aliphatic carbocycles. The first-order valence-corrected chi connectivity index (χ1v) is 30.6. The van der Waals surface area contributed by atoms with Crippen LogP contribution in [0.3, 0.4) is 0 Å². The van der Waals surface area contributed by atoms with Crippen molar-refractivity contribution in [1.82, 2.24) is 0 Å². The molecule has 0 aromatic carbocycles. The highest BCUT2D eigenvalue weighted by molar-refractivity contribution is 5.71. The fourth-order valence-electron chi connectivity index (χ4n) is 9.53. The molecule has 0 saturated carbocycles. The van der Waals surface area contributed by atoms with Crippen LogP contribution < -0.4 is 0 Å². The predicted molar refractivity (Wildman–Crippen MR) is 293 cm³/mol. The van der Waals surface area contributed by atoms with Crippen LogP contribution in [0.25, 0.3) is 0 Å². The van der Waals surface area contributed by atoms with E-state index in [9.17, 15) is 14.4 Å². The monoisotopic (exact) mass is 961 g/mol. The van der Waals surface area contributed by atoms with Gasteiger partial charge in [-0.25, -0.2) is 0 Å². The molecule has 0 spiro atoms. The summed E-state index contributed by atoms with van der Waals surface area (Å²) in [6.45, 7) is 13.8. The average Bonchev–Trinajstić information content (AvgIpc) is 3.30. The highest BCUT2D eigenvalue weighted by Gasteiger charge is 2.19. The van der Waals surface area contributed by atoms with E-state index in [2.05, 4.69) is 41.5 Å². The molecule has 0 amide bonds. The normalized spacial score (nSPS) is 12.1. The lowest BCUT2D eigenvalue weighted by Gasteiger charge is -2.18. The molecule has 0 rings (SSSR count). The van der Waals surface area contributed by atoms with Gasteiger partial charge in [-0.05, 0) is 37.0 Å². The van der Waals surface area contributed by atoms with Crippen molar-refractivity contribution in [2.45, 2.75) is 349 Å². The second-order valence-corrected chi connectivity index (χ2v) is 22.8. The molecule has 404 valence electrons. The molecular formula is C62H120O6. The van der Waals surface area contributed by atoms with E-state index in [0.29, 0.717) is 19.3 Å². The Balaban J connectivity index is 4.28. The molecular weight excluding hydrogens is 841 g/mol. The molecule has 0 unspecified atom stereocenters. The maximum Gasteiger partial charge on any atom is 0.306 e. The molecule has 0 bridgehead atoms. The Morgan fingerprint density at radius 3 is 0.632 bits per heavy atom. The highest BCUT2D eigenvalue weighted by Crippen LogP contribution is 2.19. The minimum absolute atomic E-state index is 0.0630. The van der Waals surface area contributed by atoms with Gasteiger partial charge in [0.15, 0.2) is 6.10 Å². The summed E-state index contributed by atoms with van der Waals surface area (Å²) >= 11 is 0. The summed E-state index contributed by atoms with van der Waals surface area (Å²) < 4.78 is 16.9. The van der Waals surface area contributed by atoms with E-state index < -0.39 is 6.10 Å². The van der Waals surface area contributed by atoms with Crippen LogP contribution in [0.5, 0.6) is 0 Å². The minimum Gasteiger partial charge on any atom is -0.462 e. The van der Waals surface area contributed by atoms with E-state index >= 15 is 0 Å². The Morgan fingerprint density at radius 1 is 0.250 bits per heavy atom. The molecule has 0 aliphatic rings. The molecule has 0 radical (unpaired) electrons. The summed E-state index contributed by atoms with van der Waals surface area (Å²) in [7, 11) is 0. The van der Waals surface area contributed by atoms with Crippen molar-refractivity contribution in [2.75, 3.05) is 13.2 Å². The highest BCUT2D eigenvalue weighted by atomic mass is 16.6. The van der Waals surface area contributed by atoms with Crippen molar-refractivity contribution in [1.29, 1.82) is 0 Å². The summed E-state index contributed by atoms with van der Waals surface area (Å²) in [6, 6.07) is 0. The van der Waals surface area contributed by atoms with E-state index in [4.69, 9.17) is 14.2 Å². The van der Waals surface area contributed by atoms with Gasteiger partial charge in [-0.1, -0.05) is 305 Å². The number of rotatable bonds is 55. The van der Waals surface area contributed by atoms with Crippen molar-refractivity contribution in [2.24, 2.45) is 17.8 Å². The van der Waals surface area contributed by atoms with Crippen LogP contribution in [0.2, 0.25) is 0 Å². The van der Waals surface area contributed by atoms with Crippen LogP contribution in [0.15, 0.2) is 0 Å². The first-order chi connectivity index (χ1) is 33.1. The molecule has 0 saturated heterocycles. The predicted octanol–water partition coefficient (Wildman–Crippen LogP) is 20.3. The van der Waals surface area contributed by atoms with E-state index in [1.165, 1.54) is 225 Å². The van der Waals surface area contributed by atoms with Crippen molar-refractivity contribution in [3.8, 4) is 0 Å². The van der Waals surface area contributed by atoms with Crippen LogP contribution in [-0.2, 0) is 28.6 Å². The topological polar surface area (TPSA) is 78.9 Å². The average molecular weight is 962 g/mol. The van der Waals surface area contributed by atoms with Crippen molar-refractivity contribution >= 4 is 17.9 Å². The zero-order valence-corrected chi connectivity index (χ0v) is 46.9. The number of ether oxygens (including phenoxy) is 3. The number of hydrogen-bond donors (Lipinski definition) is 0. The number of unbranched alkanes of at least 4 members (excludes halogenated alkanes) is 38. The lowest BCUT2D eigenvalue weighted by molar-refractivity contribution is -0.167. The molecule has 0 aromatic rings. The van der Waals surface area contributed by atoms with Gasteiger partial charge in [0.1, 0.15) is 13.2 Å². The van der Waals surface area contributed by atoms with E-state index in [1.54, 1.807) is 0 Å². The first-order valence-electron chi connectivity index (χ1n) is 30.6. The summed E-state index contributed by atoms with van der Waals surface area (Å²) in [4.78, 5) is 38.2. The molecule has 0 heterocycles. The Bertz CT molecular complexity index is 1050. The lowest BCUT2D eigenvalue weighted by Crippen LogP contribution is -2.30. The van der Waals surface area contributed by atoms with Gasteiger partial charge in [0.05, 0.1) is 0 Å². The molecule has 1 atom stereocenters. The maximum atomic E-state index is 12.9. The number of carbonyl (C=O) groups excluding carboxylic acids is 3. The lowest BCUT2D eigenvalue weighted by atomic mass is 10.0. The molecule has 6 heteroatoms. The first kappa shape index (κ1) is 66.4. The van der Waals surface area contributed by atoms with Gasteiger partial charge in [0.25, 0.3) is 0 Å². The van der Waals surface area contributed by atoms with Gasteiger partial charge < -0.3 is 14.2 Å². The van der Waals surface area contributed by atoms with Gasteiger partial charge in [0.2, 0.25) is 0 Å². The number of esters is 3. The summed E-state index contributed by atoms with van der Waals surface area (Å²) in [6.07, 6.45) is 56.7. The fraction of sp³-hybridized carbons (Fsp3) is 0.952. The number of hydrogen-bond acceptors (Lipinski definition) is 6. The molecule has 0 N–H and O–H groups in total. The SMILES string of the molecule is CC(C)CCCCCCCCCCCCCCCCCCC(=O)OC[C@H](COC(=O)CCCCCCCCCCCCCC(C)C)OC(=O)CCCCCCCCCCCCCCCCC(C)C. The van der Waals surface area contributed by atoms with Crippen LogP contribution in [0.1, 0.15) is 343 Å². The van der Waals surface area contributed by atoms with Crippen LogP contribution in [-0.4, -0.2) is 37.2 Å². The third-order valence-electron chi connectivity index (χ3n) is 14.1. The third kappa shape index (κ3) is 55.3. The molecule has 68 heavy (non-hydrogen) atoms. The Labute approximate surface area is 425 Å². The Morgan fingerprint density at radius 2 is 0.426 bits per heavy atom. The van der Waals surface area contributed by atoms with E-state index in [0.717, 1.165) is 75.5 Å². The number of carbonyl (C=O) groups is 3. The standard InChI is InChI=1S/C62H120O6/c1-56(2)48-42-36-30-24-18-13-9-7-8-10-15-21-27-33-39-45-51-60(63)66-54-59(55-67-61(64)52-46-40-34-28-23-17-20-26-32-38-44-50-58(5)6)68-62(65)53-47-41-35-29-22-16-12-11-14-19-25-31-37-43-49-57(3)4/h56-59H,7-55H2,1-6H3/t59-/m1/s1. The van der Waals surface area contributed by atoms with Crippen molar-refractivity contribution in [3.05, 3.63) is 0 Å². The molecule has 6 nitrogen and oxygen atoms in total. The van der Waals surface area contributed by atoms with Crippen molar-refractivity contribution in [3.63, 3.8) is 0 Å². The van der Waals surface area contributed by atoms with Gasteiger partial charge >= 0.3 is 17.9 Å². The Hall–Kier alpha value is -1.59. The van der Waals surface area contributed by atoms with Gasteiger partial charge in [-0.15, -0.1) is 0 Å². The van der Waals surface area contributed by atoms with Crippen molar-refractivity contribution < 1.29 is 28.6 Å². The van der Waals surface area contributed by atoms with E-state index in [1.807, 2.05) is 0 Å². The smallest absolute Gasteiger partial charge is 0.306 e. The summed E-state index contributed by atoms with van der Waals surface area (Å²) in [5, 5.41) is 0. The van der Waals surface area contributed by atoms with Gasteiger partial charge in [0, 0.05) is 19.3 Å². The van der Waals surface area contributed by atoms with Gasteiger partial charge in [-0.3, -0.25) is 14.4 Å². The summed E-state index contributed by atoms with van der Waals surface area (Å²) in [5.41, 5.74) is 0. The van der Waals surface area contributed by atoms with Crippen LogP contribution >= 0.6 is 0 Å². The van der Waals surface area contributed by atoms with Crippen LogP contribution in [0.4, 0.5) is 0 Å². The maximum absolute atomic E-state index is 12.9. The zero-order chi connectivity index (χ0) is 49.8. The molecule has 0 fully saturated rings. The van der Waals surface area contributed by atoms with E-state index in [-0.39, 0.29) is 31.1 Å². The van der Waals surface area contributed by atoms with Crippen LogP contribution in [0, 0.1) is 17.8 Å².